The average Bonchev–Trinajstić information content (AvgIpc) is 2.90. The van der Waals surface area contributed by atoms with Crippen molar-refractivity contribution in [3.63, 3.8) is 0 Å². The number of carbonyl (C=O) groups excluding carboxylic acids is 2. The van der Waals surface area contributed by atoms with Crippen molar-refractivity contribution in [2.45, 2.75) is 26.4 Å². The van der Waals surface area contributed by atoms with Crippen molar-refractivity contribution < 1.29 is 14.3 Å². The molecule has 4 aromatic rings. The highest BCUT2D eigenvalue weighted by Crippen LogP contribution is 2.27. The fraction of sp³-hybridized carbons (Fsp3) is 0.138. The van der Waals surface area contributed by atoms with Crippen LogP contribution in [-0.4, -0.2) is 24.1 Å². The number of benzene rings is 4. The van der Waals surface area contributed by atoms with Crippen molar-refractivity contribution in [1.29, 1.82) is 0 Å². The van der Waals surface area contributed by atoms with E-state index in [0.29, 0.717) is 28.4 Å². The fourth-order valence-electron chi connectivity index (χ4n) is 3.70. The molecule has 4 aromatic carbocycles. The first-order valence-corrected chi connectivity index (χ1v) is 12.0. The molecule has 0 aliphatic carbocycles. The Morgan fingerprint density at radius 1 is 0.972 bits per heavy atom. The van der Waals surface area contributed by atoms with E-state index in [1.165, 1.54) is 0 Å². The minimum Gasteiger partial charge on any atom is -0.481 e. The summed E-state index contributed by atoms with van der Waals surface area (Å²) in [7, 11) is 0. The van der Waals surface area contributed by atoms with Gasteiger partial charge < -0.3 is 10.1 Å². The smallest absolute Gasteiger partial charge is 0.271 e. The van der Waals surface area contributed by atoms with E-state index in [4.69, 9.17) is 16.3 Å². The number of amides is 2. The van der Waals surface area contributed by atoms with Gasteiger partial charge in [-0.3, -0.25) is 9.59 Å². The standard InChI is InChI=1S/C29H26ClN3O3/c1-3-27(36-22-9-5-4-6-10-22)29(35)32-26-16-15-21(23-11-7-8-12-24(23)26)18-31-33-28(34)20-14-13-19(2)25(30)17-20/h4-18,27H,3H2,1-2H3,(H,32,35)(H,33,34)/b31-18+. The van der Waals surface area contributed by atoms with Gasteiger partial charge in [0.05, 0.1) is 6.21 Å². The van der Waals surface area contributed by atoms with Crippen LogP contribution in [0.3, 0.4) is 0 Å². The summed E-state index contributed by atoms with van der Waals surface area (Å²) in [4.78, 5) is 25.4. The van der Waals surface area contributed by atoms with Gasteiger partial charge in [-0.15, -0.1) is 0 Å². The molecule has 0 spiro atoms. The van der Waals surface area contributed by atoms with Gasteiger partial charge in [0.2, 0.25) is 0 Å². The zero-order valence-corrected chi connectivity index (χ0v) is 20.8. The minimum atomic E-state index is -0.627. The minimum absolute atomic E-state index is 0.225. The van der Waals surface area contributed by atoms with Crippen LogP contribution in [0, 0.1) is 6.92 Å². The fourth-order valence-corrected chi connectivity index (χ4v) is 3.88. The van der Waals surface area contributed by atoms with Crippen molar-refractivity contribution in [3.05, 3.63) is 107 Å². The van der Waals surface area contributed by atoms with Crippen LogP contribution in [0.15, 0.2) is 90.0 Å². The molecule has 0 aliphatic rings. The number of aryl methyl sites for hydroxylation is 1. The molecule has 36 heavy (non-hydrogen) atoms. The second-order valence-electron chi connectivity index (χ2n) is 8.23. The number of carbonyl (C=O) groups is 2. The SMILES string of the molecule is CCC(Oc1ccccc1)C(=O)Nc1ccc(/C=N/NC(=O)c2ccc(C)c(Cl)c2)c2ccccc12. The lowest BCUT2D eigenvalue weighted by molar-refractivity contribution is -0.122. The molecule has 2 N–H and O–H groups in total. The summed E-state index contributed by atoms with van der Waals surface area (Å²) in [6.07, 6.45) is 1.47. The molecule has 0 saturated carbocycles. The normalized spacial score (nSPS) is 11.9. The van der Waals surface area contributed by atoms with Crippen LogP contribution in [-0.2, 0) is 4.79 Å². The third kappa shape index (κ3) is 5.90. The summed E-state index contributed by atoms with van der Waals surface area (Å²) < 4.78 is 5.88. The molecule has 0 fully saturated rings. The second kappa shape index (κ2) is 11.5. The maximum Gasteiger partial charge on any atom is 0.271 e. The monoisotopic (exact) mass is 499 g/mol. The highest BCUT2D eigenvalue weighted by Gasteiger charge is 2.19. The number of hydrogen-bond acceptors (Lipinski definition) is 4. The number of hydrogen-bond donors (Lipinski definition) is 2. The molecule has 1 atom stereocenters. The Balaban J connectivity index is 1.50. The third-order valence-electron chi connectivity index (χ3n) is 5.70. The molecule has 0 radical (unpaired) electrons. The van der Waals surface area contributed by atoms with E-state index < -0.39 is 6.10 Å². The Morgan fingerprint density at radius 2 is 1.69 bits per heavy atom. The number of rotatable bonds is 8. The number of fused-ring (bicyclic) bond motifs is 1. The maximum absolute atomic E-state index is 13.0. The largest absolute Gasteiger partial charge is 0.481 e. The number of nitrogens with one attached hydrogen (secondary N) is 2. The molecule has 2 amide bonds. The van der Waals surface area contributed by atoms with E-state index in [2.05, 4.69) is 15.8 Å². The molecule has 182 valence electrons. The summed E-state index contributed by atoms with van der Waals surface area (Å²) in [5, 5.41) is 9.37. The van der Waals surface area contributed by atoms with Gasteiger partial charge in [-0.1, -0.05) is 73.1 Å². The third-order valence-corrected chi connectivity index (χ3v) is 6.11. The summed E-state index contributed by atoms with van der Waals surface area (Å²) in [6.45, 7) is 3.78. The zero-order chi connectivity index (χ0) is 25.5. The highest BCUT2D eigenvalue weighted by molar-refractivity contribution is 6.31. The van der Waals surface area contributed by atoms with Gasteiger partial charge in [-0.25, -0.2) is 5.43 Å². The quantitative estimate of drug-likeness (QED) is 0.218. The number of para-hydroxylation sites is 1. The molecule has 0 aliphatic heterocycles. The van der Waals surface area contributed by atoms with Crippen molar-refractivity contribution in [1.82, 2.24) is 5.43 Å². The van der Waals surface area contributed by atoms with Gasteiger partial charge in [0.1, 0.15) is 5.75 Å². The summed E-state index contributed by atoms with van der Waals surface area (Å²) in [6, 6.07) is 25.7. The van der Waals surface area contributed by atoms with E-state index in [1.54, 1.807) is 24.4 Å². The summed E-state index contributed by atoms with van der Waals surface area (Å²) >= 11 is 6.12. The van der Waals surface area contributed by atoms with Gasteiger partial charge in [0.25, 0.3) is 11.8 Å². The van der Waals surface area contributed by atoms with Crippen LogP contribution in [0.25, 0.3) is 10.8 Å². The van der Waals surface area contributed by atoms with Crippen LogP contribution < -0.4 is 15.5 Å². The Kier molecular flexibility index (Phi) is 7.98. The molecule has 0 heterocycles. The van der Waals surface area contributed by atoms with Gasteiger partial charge in [0.15, 0.2) is 6.10 Å². The van der Waals surface area contributed by atoms with E-state index in [1.807, 2.05) is 80.6 Å². The topological polar surface area (TPSA) is 79.8 Å². The first kappa shape index (κ1) is 24.9. The lowest BCUT2D eigenvalue weighted by Crippen LogP contribution is -2.32. The molecular formula is C29H26ClN3O3. The van der Waals surface area contributed by atoms with Crippen molar-refractivity contribution >= 4 is 46.1 Å². The molecular weight excluding hydrogens is 474 g/mol. The maximum atomic E-state index is 13.0. The van der Waals surface area contributed by atoms with Crippen LogP contribution in [0.4, 0.5) is 5.69 Å². The van der Waals surface area contributed by atoms with Crippen LogP contribution in [0.5, 0.6) is 5.75 Å². The van der Waals surface area contributed by atoms with Crippen molar-refractivity contribution in [2.24, 2.45) is 5.10 Å². The number of nitrogens with zero attached hydrogens (tertiary/aromatic N) is 1. The van der Waals surface area contributed by atoms with Crippen LogP contribution in [0.2, 0.25) is 5.02 Å². The molecule has 0 saturated heterocycles. The molecule has 0 bridgehead atoms. The Labute approximate surface area is 214 Å². The van der Waals surface area contributed by atoms with Gasteiger partial charge in [0, 0.05) is 27.2 Å². The van der Waals surface area contributed by atoms with Crippen LogP contribution >= 0.6 is 11.6 Å². The van der Waals surface area contributed by atoms with Gasteiger partial charge in [-0.2, -0.15) is 5.10 Å². The summed E-state index contributed by atoms with van der Waals surface area (Å²) in [5.74, 6) is 0.0631. The van der Waals surface area contributed by atoms with Crippen molar-refractivity contribution in [3.8, 4) is 5.75 Å². The lowest BCUT2D eigenvalue weighted by Gasteiger charge is -2.18. The number of ether oxygens (including phenoxy) is 1. The van der Waals surface area contributed by atoms with Gasteiger partial charge >= 0.3 is 0 Å². The number of halogens is 1. The lowest BCUT2D eigenvalue weighted by atomic mass is 10.0. The predicted molar refractivity (Wildman–Crippen MR) is 145 cm³/mol. The predicted octanol–water partition coefficient (Wildman–Crippen LogP) is 6.36. The Hall–Kier alpha value is -4.16. The number of anilines is 1. The van der Waals surface area contributed by atoms with Crippen LogP contribution in [0.1, 0.15) is 34.8 Å². The van der Waals surface area contributed by atoms with Crippen molar-refractivity contribution in [2.75, 3.05) is 5.32 Å². The molecule has 1 unspecified atom stereocenters. The summed E-state index contributed by atoms with van der Waals surface area (Å²) in [5.41, 5.74) is 5.32. The van der Waals surface area contributed by atoms with Gasteiger partial charge in [-0.05, 0) is 54.6 Å². The van der Waals surface area contributed by atoms with E-state index in [9.17, 15) is 9.59 Å². The number of hydrazone groups is 1. The van der Waals surface area contributed by atoms with E-state index in [-0.39, 0.29) is 11.8 Å². The van der Waals surface area contributed by atoms with E-state index in [0.717, 1.165) is 21.9 Å². The first-order valence-electron chi connectivity index (χ1n) is 11.6. The highest BCUT2D eigenvalue weighted by atomic mass is 35.5. The van der Waals surface area contributed by atoms with E-state index >= 15 is 0 Å². The average molecular weight is 500 g/mol. The second-order valence-corrected chi connectivity index (χ2v) is 8.64. The Bertz CT molecular complexity index is 1420. The zero-order valence-electron chi connectivity index (χ0n) is 20.0. The molecule has 6 nitrogen and oxygen atoms in total. The molecule has 4 rings (SSSR count). The molecule has 7 heteroatoms. The Morgan fingerprint density at radius 3 is 2.42 bits per heavy atom. The molecule has 0 aromatic heterocycles. The first-order chi connectivity index (χ1) is 17.5.